The SMILES string of the molecule is C=CCCCCCC[C@@H](NC(=O)C(c1ccccc1)c1ccccc1)C(N)=O. The van der Waals surface area contributed by atoms with Gasteiger partial charge in [-0.15, -0.1) is 6.58 Å². The molecule has 0 heterocycles. The first-order valence-electron chi connectivity index (χ1n) is 9.94. The molecule has 0 aliphatic heterocycles. The molecule has 4 nitrogen and oxygen atoms in total. The lowest BCUT2D eigenvalue weighted by molar-refractivity contribution is -0.127. The lowest BCUT2D eigenvalue weighted by Crippen LogP contribution is -2.46. The van der Waals surface area contributed by atoms with Crippen LogP contribution in [0, 0.1) is 0 Å². The normalized spacial score (nSPS) is 11.8. The molecule has 0 saturated carbocycles. The highest BCUT2D eigenvalue weighted by atomic mass is 16.2. The molecule has 0 bridgehead atoms. The zero-order valence-corrected chi connectivity index (χ0v) is 16.3. The Labute approximate surface area is 167 Å². The maximum Gasteiger partial charge on any atom is 0.240 e. The van der Waals surface area contributed by atoms with E-state index in [1.54, 1.807) is 0 Å². The maximum absolute atomic E-state index is 13.1. The van der Waals surface area contributed by atoms with E-state index in [-0.39, 0.29) is 5.91 Å². The third-order valence-electron chi connectivity index (χ3n) is 4.84. The molecule has 0 aliphatic rings. The van der Waals surface area contributed by atoms with Crippen LogP contribution >= 0.6 is 0 Å². The molecule has 1 atom stereocenters. The molecule has 0 fully saturated rings. The van der Waals surface area contributed by atoms with Crippen LogP contribution in [0.4, 0.5) is 0 Å². The minimum Gasteiger partial charge on any atom is -0.368 e. The molecule has 2 amide bonds. The predicted octanol–water partition coefficient (Wildman–Crippen LogP) is 4.32. The van der Waals surface area contributed by atoms with E-state index in [1.165, 1.54) is 0 Å². The van der Waals surface area contributed by atoms with Gasteiger partial charge in [0.25, 0.3) is 0 Å². The average molecular weight is 379 g/mol. The van der Waals surface area contributed by atoms with Crippen molar-refractivity contribution >= 4 is 11.8 Å². The smallest absolute Gasteiger partial charge is 0.240 e. The molecule has 0 saturated heterocycles. The Kier molecular flexibility index (Phi) is 8.99. The van der Waals surface area contributed by atoms with Gasteiger partial charge >= 0.3 is 0 Å². The summed E-state index contributed by atoms with van der Waals surface area (Å²) < 4.78 is 0. The lowest BCUT2D eigenvalue weighted by Gasteiger charge is -2.22. The first-order chi connectivity index (χ1) is 13.6. The monoisotopic (exact) mass is 378 g/mol. The van der Waals surface area contributed by atoms with E-state index in [2.05, 4.69) is 11.9 Å². The number of allylic oxidation sites excluding steroid dienone is 1. The van der Waals surface area contributed by atoms with Gasteiger partial charge in [0.1, 0.15) is 6.04 Å². The maximum atomic E-state index is 13.1. The number of rotatable bonds is 12. The highest BCUT2D eigenvalue weighted by Crippen LogP contribution is 2.25. The number of primary amides is 1. The summed E-state index contributed by atoms with van der Waals surface area (Å²) in [5.74, 6) is -1.16. The summed E-state index contributed by atoms with van der Waals surface area (Å²) in [5, 5.41) is 2.89. The molecular weight excluding hydrogens is 348 g/mol. The fraction of sp³-hybridized carbons (Fsp3) is 0.333. The summed E-state index contributed by atoms with van der Waals surface area (Å²) in [6.07, 6.45) is 7.53. The Bertz CT molecular complexity index is 704. The van der Waals surface area contributed by atoms with Crippen LogP contribution in [0.1, 0.15) is 55.6 Å². The number of amides is 2. The van der Waals surface area contributed by atoms with Gasteiger partial charge < -0.3 is 11.1 Å². The fourth-order valence-electron chi connectivity index (χ4n) is 3.32. The van der Waals surface area contributed by atoms with Crippen molar-refractivity contribution in [1.82, 2.24) is 5.32 Å². The van der Waals surface area contributed by atoms with Gasteiger partial charge in [-0.2, -0.15) is 0 Å². The molecule has 0 unspecified atom stereocenters. The van der Waals surface area contributed by atoms with Gasteiger partial charge in [-0.05, 0) is 30.4 Å². The third-order valence-corrected chi connectivity index (χ3v) is 4.84. The third kappa shape index (κ3) is 6.69. The number of hydrogen-bond donors (Lipinski definition) is 2. The molecule has 2 rings (SSSR count). The van der Waals surface area contributed by atoms with Gasteiger partial charge in [0.2, 0.25) is 11.8 Å². The highest BCUT2D eigenvalue weighted by Gasteiger charge is 2.26. The number of nitrogens with two attached hydrogens (primary N) is 1. The fourth-order valence-corrected chi connectivity index (χ4v) is 3.32. The van der Waals surface area contributed by atoms with Gasteiger partial charge in [-0.3, -0.25) is 9.59 Å². The summed E-state index contributed by atoms with van der Waals surface area (Å²) in [4.78, 5) is 25.0. The Morgan fingerprint density at radius 1 is 0.893 bits per heavy atom. The Morgan fingerprint density at radius 3 is 1.93 bits per heavy atom. The molecular formula is C24H30N2O2. The van der Waals surface area contributed by atoms with E-state index >= 15 is 0 Å². The van der Waals surface area contributed by atoms with Gasteiger partial charge in [0.05, 0.1) is 5.92 Å². The Hall–Kier alpha value is -2.88. The number of unbranched alkanes of at least 4 members (excludes halogenated alkanes) is 4. The van der Waals surface area contributed by atoms with Crippen molar-refractivity contribution in [1.29, 1.82) is 0 Å². The summed E-state index contributed by atoms with van der Waals surface area (Å²) in [7, 11) is 0. The quantitative estimate of drug-likeness (QED) is 0.426. The van der Waals surface area contributed by atoms with E-state index in [1.807, 2.05) is 66.7 Å². The van der Waals surface area contributed by atoms with Crippen molar-refractivity contribution in [2.45, 2.75) is 50.5 Å². The summed E-state index contributed by atoms with van der Waals surface area (Å²) in [5.41, 5.74) is 7.33. The zero-order valence-electron chi connectivity index (χ0n) is 16.3. The number of nitrogens with one attached hydrogen (secondary N) is 1. The predicted molar refractivity (Wildman–Crippen MR) is 114 cm³/mol. The first kappa shape index (κ1) is 21.4. The van der Waals surface area contributed by atoms with E-state index in [0.29, 0.717) is 6.42 Å². The minimum absolute atomic E-state index is 0.201. The van der Waals surface area contributed by atoms with Crippen molar-refractivity contribution in [2.24, 2.45) is 5.73 Å². The van der Waals surface area contributed by atoms with Crippen LogP contribution in [0.5, 0.6) is 0 Å². The van der Waals surface area contributed by atoms with Crippen molar-refractivity contribution in [3.8, 4) is 0 Å². The zero-order chi connectivity index (χ0) is 20.2. The highest BCUT2D eigenvalue weighted by molar-refractivity contribution is 5.91. The van der Waals surface area contributed by atoms with Gasteiger partial charge in [0, 0.05) is 0 Å². The van der Waals surface area contributed by atoms with Crippen molar-refractivity contribution in [3.63, 3.8) is 0 Å². The molecule has 0 aromatic heterocycles. The number of carbonyl (C=O) groups is 2. The van der Waals surface area contributed by atoms with Crippen molar-refractivity contribution in [3.05, 3.63) is 84.4 Å². The van der Waals surface area contributed by atoms with Crippen LogP contribution in [0.3, 0.4) is 0 Å². The summed E-state index contributed by atoms with van der Waals surface area (Å²) in [6, 6.07) is 18.5. The molecule has 0 radical (unpaired) electrons. The molecule has 148 valence electrons. The molecule has 0 aliphatic carbocycles. The van der Waals surface area contributed by atoms with Crippen molar-refractivity contribution in [2.75, 3.05) is 0 Å². The second-order valence-corrected chi connectivity index (χ2v) is 7.00. The standard InChI is InChI=1S/C24H30N2O2/c1-2-3-4-5-6-13-18-21(23(25)27)26-24(28)22(19-14-9-7-10-15-19)20-16-11-8-12-17-20/h2,7-12,14-17,21-22H,1,3-6,13,18H2,(H2,25,27)(H,26,28)/t21-/m1/s1. The van der Waals surface area contributed by atoms with Crippen LogP contribution in [-0.4, -0.2) is 17.9 Å². The van der Waals surface area contributed by atoms with Crippen LogP contribution in [0.25, 0.3) is 0 Å². The number of benzene rings is 2. The van der Waals surface area contributed by atoms with Gasteiger partial charge in [-0.1, -0.05) is 86.0 Å². The second kappa shape index (κ2) is 11.8. The van der Waals surface area contributed by atoms with Crippen LogP contribution in [0.15, 0.2) is 73.3 Å². The molecule has 4 heteroatoms. The van der Waals surface area contributed by atoms with Crippen LogP contribution in [0.2, 0.25) is 0 Å². The lowest BCUT2D eigenvalue weighted by atomic mass is 9.90. The summed E-state index contributed by atoms with van der Waals surface area (Å²) >= 11 is 0. The molecule has 2 aromatic rings. The van der Waals surface area contributed by atoms with Crippen LogP contribution in [-0.2, 0) is 9.59 Å². The summed E-state index contributed by atoms with van der Waals surface area (Å²) in [6.45, 7) is 3.72. The van der Waals surface area contributed by atoms with Gasteiger partial charge in [-0.25, -0.2) is 0 Å². The number of carbonyl (C=O) groups excluding carboxylic acids is 2. The molecule has 2 aromatic carbocycles. The van der Waals surface area contributed by atoms with Gasteiger partial charge in [0.15, 0.2) is 0 Å². The van der Waals surface area contributed by atoms with Crippen LogP contribution < -0.4 is 11.1 Å². The Balaban J connectivity index is 2.05. The molecule has 3 N–H and O–H groups in total. The Morgan fingerprint density at radius 2 is 1.43 bits per heavy atom. The molecule has 28 heavy (non-hydrogen) atoms. The average Bonchev–Trinajstić information content (AvgIpc) is 2.71. The largest absolute Gasteiger partial charge is 0.368 e. The van der Waals surface area contributed by atoms with E-state index < -0.39 is 17.9 Å². The first-order valence-corrected chi connectivity index (χ1v) is 9.94. The second-order valence-electron chi connectivity index (χ2n) is 7.00. The minimum atomic E-state index is -0.651. The van der Waals surface area contributed by atoms with E-state index in [0.717, 1.165) is 43.2 Å². The molecule has 0 spiro atoms. The number of hydrogen-bond acceptors (Lipinski definition) is 2. The topological polar surface area (TPSA) is 72.2 Å². The van der Waals surface area contributed by atoms with E-state index in [4.69, 9.17) is 5.73 Å². The van der Waals surface area contributed by atoms with Crippen molar-refractivity contribution < 1.29 is 9.59 Å². The van der Waals surface area contributed by atoms with E-state index in [9.17, 15) is 9.59 Å².